The summed E-state index contributed by atoms with van der Waals surface area (Å²) in [5.41, 5.74) is 1.77. The number of benzene rings is 1. The van der Waals surface area contributed by atoms with Crippen LogP contribution in [0.25, 0.3) is 0 Å². The summed E-state index contributed by atoms with van der Waals surface area (Å²) in [7, 11) is 0. The summed E-state index contributed by atoms with van der Waals surface area (Å²) in [6, 6.07) is 5.52. The standard InChI is InChI=1S/C19H28ClN3O2/c20-17-13-16(7-8-18(17)23-10-2-1-3-11-23)22-19(24)21-9-4-12-25-14-15-5-6-15/h7-8,13,15H,1-6,9-12,14H2,(H2,21,22,24). The highest BCUT2D eigenvalue weighted by Gasteiger charge is 2.20. The Morgan fingerprint density at radius 3 is 2.76 bits per heavy atom. The second-order valence-electron chi connectivity index (χ2n) is 6.97. The van der Waals surface area contributed by atoms with Crippen molar-refractivity contribution in [3.63, 3.8) is 0 Å². The van der Waals surface area contributed by atoms with E-state index in [0.29, 0.717) is 23.9 Å². The number of rotatable bonds is 8. The summed E-state index contributed by atoms with van der Waals surface area (Å²) in [4.78, 5) is 14.3. The number of halogens is 1. The molecule has 6 heteroatoms. The van der Waals surface area contributed by atoms with Gasteiger partial charge < -0.3 is 20.3 Å². The molecule has 2 amide bonds. The molecular weight excluding hydrogens is 338 g/mol. The van der Waals surface area contributed by atoms with Crippen LogP contribution in [-0.2, 0) is 4.74 Å². The molecule has 1 aromatic rings. The van der Waals surface area contributed by atoms with Crippen LogP contribution in [0.2, 0.25) is 5.02 Å². The SMILES string of the molecule is O=C(NCCCOCC1CC1)Nc1ccc(N2CCCCC2)c(Cl)c1. The zero-order chi connectivity index (χ0) is 17.5. The molecule has 2 aliphatic rings. The van der Waals surface area contributed by atoms with Crippen molar-refractivity contribution in [3.05, 3.63) is 23.2 Å². The molecule has 1 heterocycles. The van der Waals surface area contributed by atoms with Crippen molar-refractivity contribution in [1.82, 2.24) is 5.32 Å². The molecule has 2 N–H and O–H groups in total. The number of urea groups is 1. The highest BCUT2D eigenvalue weighted by molar-refractivity contribution is 6.33. The van der Waals surface area contributed by atoms with E-state index in [-0.39, 0.29) is 6.03 Å². The lowest BCUT2D eigenvalue weighted by atomic mass is 10.1. The summed E-state index contributed by atoms with van der Waals surface area (Å²) in [6.45, 7) is 4.28. The average molecular weight is 366 g/mol. The van der Waals surface area contributed by atoms with Gasteiger partial charge in [0.05, 0.1) is 10.7 Å². The van der Waals surface area contributed by atoms with E-state index >= 15 is 0 Å². The Morgan fingerprint density at radius 1 is 1.24 bits per heavy atom. The zero-order valence-corrected chi connectivity index (χ0v) is 15.5. The largest absolute Gasteiger partial charge is 0.381 e. The maximum atomic E-state index is 11.9. The average Bonchev–Trinajstić information content (AvgIpc) is 3.43. The zero-order valence-electron chi connectivity index (χ0n) is 14.7. The fourth-order valence-electron chi connectivity index (χ4n) is 3.06. The van der Waals surface area contributed by atoms with Gasteiger partial charge in [-0.2, -0.15) is 0 Å². The number of piperidine rings is 1. The van der Waals surface area contributed by atoms with Gasteiger partial charge in [-0.25, -0.2) is 4.79 Å². The van der Waals surface area contributed by atoms with Crippen molar-refractivity contribution in [2.24, 2.45) is 5.92 Å². The van der Waals surface area contributed by atoms with Crippen LogP contribution in [0, 0.1) is 5.92 Å². The first-order valence-electron chi connectivity index (χ1n) is 9.39. The van der Waals surface area contributed by atoms with Gasteiger partial charge in [-0.3, -0.25) is 0 Å². The van der Waals surface area contributed by atoms with Gasteiger partial charge in [0, 0.05) is 38.5 Å². The number of hydrogen-bond acceptors (Lipinski definition) is 3. The molecule has 1 aliphatic carbocycles. The van der Waals surface area contributed by atoms with Gasteiger partial charge in [-0.15, -0.1) is 0 Å². The molecule has 0 spiro atoms. The minimum Gasteiger partial charge on any atom is -0.381 e. The molecule has 1 saturated carbocycles. The maximum absolute atomic E-state index is 11.9. The number of carbonyl (C=O) groups excluding carboxylic acids is 1. The van der Waals surface area contributed by atoms with E-state index in [1.165, 1.54) is 32.1 Å². The number of hydrogen-bond donors (Lipinski definition) is 2. The van der Waals surface area contributed by atoms with Gasteiger partial charge in [0.1, 0.15) is 0 Å². The first-order valence-corrected chi connectivity index (χ1v) is 9.77. The molecule has 2 fully saturated rings. The van der Waals surface area contributed by atoms with E-state index < -0.39 is 0 Å². The van der Waals surface area contributed by atoms with Gasteiger partial charge in [-0.05, 0) is 62.6 Å². The second-order valence-corrected chi connectivity index (χ2v) is 7.37. The van der Waals surface area contributed by atoms with Gasteiger partial charge in [0.25, 0.3) is 0 Å². The van der Waals surface area contributed by atoms with Crippen LogP contribution < -0.4 is 15.5 Å². The summed E-state index contributed by atoms with van der Waals surface area (Å²) in [5, 5.41) is 6.38. The summed E-state index contributed by atoms with van der Waals surface area (Å²) < 4.78 is 5.55. The topological polar surface area (TPSA) is 53.6 Å². The normalized spacial score (nSPS) is 17.4. The molecule has 0 aromatic heterocycles. The molecular formula is C19H28ClN3O2. The van der Waals surface area contributed by atoms with Crippen LogP contribution in [-0.4, -0.2) is 38.9 Å². The van der Waals surface area contributed by atoms with E-state index in [2.05, 4.69) is 15.5 Å². The molecule has 0 atom stereocenters. The Morgan fingerprint density at radius 2 is 2.04 bits per heavy atom. The predicted molar refractivity (Wildman–Crippen MR) is 103 cm³/mol. The summed E-state index contributed by atoms with van der Waals surface area (Å²) in [6.07, 6.45) is 7.15. The van der Waals surface area contributed by atoms with Gasteiger partial charge >= 0.3 is 6.03 Å². The molecule has 0 radical (unpaired) electrons. The first-order chi connectivity index (χ1) is 12.2. The number of anilines is 2. The van der Waals surface area contributed by atoms with Crippen LogP contribution >= 0.6 is 11.6 Å². The van der Waals surface area contributed by atoms with E-state index in [1.807, 2.05) is 18.2 Å². The summed E-state index contributed by atoms with van der Waals surface area (Å²) >= 11 is 6.41. The number of nitrogens with one attached hydrogen (secondary N) is 2. The second kappa shape index (κ2) is 9.30. The molecule has 1 aliphatic heterocycles. The van der Waals surface area contributed by atoms with Crippen LogP contribution in [0.3, 0.4) is 0 Å². The molecule has 138 valence electrons. The lowest BCUT2D eigenvalue weighted by molar-refractivity contribution is 0.122. The molecule has 3 rings (SSSR count). The first kappa shape index (κ1) is 18.3. The molecule has 0 unspecified atom stereocenters. The number of nitrogens with zero attached hydrogens (tertiary/aromatic N) is 1. The van der Waals surface area contributed by atoms with Crippen LogP contribution in [0.15, 0.2) is 18.2 Å². The smallest absolute Gasteiger partial charge is 0.319 e. The van der Waals surface area contributed by atoms with Gasteiger partial charge in [-0.1, -0.05) is 11.6 Å². The maximum Gasteiger partial charge on any atom is 0.319 e. The number of ether oxygens (including phenoxy) is 1. The molecule has 1 aromatic carbocycles. The lowest BCUT2D eigenvalue weighted by Gasteiger charge is -2.29. The lowest BCUT2D eigenvalue weighted by Crippen LogP contribution is -2.30. The minimum absolute atomic E-state index is 0.205. The molecule has 1 saturated heterocycles. The van der Waals surface area contributed by atoms with Crippen LogP contribution in [0.1, 0.15) is 38.5 Å². The third-order valence-corrected chi connectivity index (χ3v) is 5.01. The van der Waals surface area contributed by atoms with Crippen molar-refractivity contribution < 1.29 is 9.53 Å². The highest BCUT2D eigenvalue weighted by atomic mass is 35.5. The van der Waals surface area contributed by atoms with Crippen molar-refractivity contribution in [2.45, 2.75) is 38.5 Å². The Balaban J connectivity index is 1.37. The van der Waals surface area contributed by atoms with Gasteiger partial charge in [0.2, 0.25) is 0 Å². The Bertz CT molecular complexity index is 572. The van der Waals surface area contributed by atoms with Crippen molar-refractivity contribution in [1.29, 1.82) is 0 Å². The fraction of sp³-hybridized carbons (Fsp3) is 0.632. The molecule has 0 bridgehead atoms. The Hall–Kier alpha value is -1.46. The molecule has 25 heavy (non-hydrogen) atoms. The van der Waals surface area contributed by atoms with E-state index in [4.69, 9.17) is 16.3 Å². The third-order valence-electron chi connectivity index (χ3n) is 4.70. The Kier molecular flexibility index (Phi) is 6.82. The number of carbonyl (C=O) groups is 1. The predicted octanol–water partition coefficient (Wildman–Crippen LogP) is 4.27. The van der Waals surface area contributed by atoms with Crippen molar-refractivity contribution in [3.8, 4) is 0 Å². The van der Waals surface area contributed by atoms with E-state index in [0.717, 1.165) is 37.7 Å². The van der Waals surface area contributed by atoms with Crippen LogP contribution in [0.4, 0.5) is 16.2 Å². The van der Waals surface area contributed by atoms with Crippen molar-refractivity contribution >= 4 is 29.0 Å². The third kappa shape index (κ3) is 6.08. The highest BCUT2D eigenvalue weighted by Crippen LogP contribution is 2.31. The Labute approximate surface area is 155 Å². The van der Waals surface area contributed by atoms with E-state index in [9.17, 15) is 4.79 Å². The number of amides is 2. The quantitative estimate of drug-likeness (QED) is 0.676. The summed E-state index contributed by atoms with van der Waals surface area (Å²) in [5.74, 6) is 0.786. The fourth-order valence-corrected chi connectivity index (χ4v) is 3.36. The minimum atomic E-state index is -0.205. The monoisotopic (exact) mass is 365 g/mol. The van der Waals surface area contributed by atoms with Crippen LogP contribution in [0.5, 0.6) is 0 Å². The van der Waals surface area contributed by atoms with Gasteiger partial charge in [0.15, 0.2) is 0 Å². The van der Waals surface area contributed by atoms with E-state index in [1.54, 1.807) is 0 Å². The van der Waals surface area contributed by atoms with Crippen molar-refractivity contribution in [2.75, 3.05) is 43.1 Å². The molecule has 5 nitrogen and oxygen atoms in total.